The van der Waals surface area contributed by atoms with Gasteiger partial charge >= 0.3 is 0 Å². The van der Waals surface area contributed by atoms with Crippen LogP contribution in [0.25, 0.3) is 48.7 Å². The van der Waals surface area contributed by atoms with E-state index >= 15 is 0 Å². The van der Waals surface area contributed by atoms with Gasteiger partial charge in [-0.15, -0.1) is 0 Å². The minimum absolute atomic E-state index is 0.474. The Kier molecular flexibility index (Phi) is 21.5. The van der Waals surface area contributed by atoms with Crippen LogP contribution in [0.5, 0.6) is 0 Å². The molecule has 0 aliphatic carbocycles. The molecule has 1 unspecified atom stereocenters. The highest BCUT2D eigenvalue weighted by Gasteiger charge is 2.14. The van der Waals surface area contributed by atoms with Gasteiger partial charge in [-0.1, -0.05) is 238 Å². The summed E-state index contributed by atoms with van der Waals surface area (Å²) in [6, 6.07) is 56.1. The Balaban J connectivity index is 0.000000295. The molecule has 0 saturated heterocycles. The largest absolute Gasteiger partial charge is 0.0952 e. The fourth-order valence-electron chi connectivity index (χ4n) is 7.13. The van der Waals surface area contributed by atoms with E-state index in [0.717, 1.165) is 6.42 Å². The Morgan fingerprint density at radius 3 is 1.35 bits per heavy atom. The molecule has 8 aromatic carbocycles. The van der Waals surface area contributed by atoms with Crippen LogP contribution in [-0.4, -0.2) is 0 Å². The van der Waals surface area contributed by atoms with Gasteiger partial charge in [-0.25, -0.2) is 0 Å². The van der Waals surface area contributed by atoms with Crippen molar-refractivity contribution in [1.82, 2.24) is 0 Å². The molecule has 0 bridgehead atoms. The van der Waals surface area contributed by atoms with Crippen LogP contribution in [0, 0.1) is 27.7 Å². The maximum atomic E-state index is 4.43. The lowest BCUT2D eigenvalue weighted by atomic mass is 9.86. The third kappa shape index (κ3) is 12.8. The molecule has 8 aromatic rings. The first-order chi connectivity index (χ1) is 27.8. The van der Waals surface area contributed by atoms with E-state index in [2.05, 4.69) is 181 Å². The van der Waals surface area contributed by atoms with Gasteiger partial charge in [0.05, 0.1) is 0 Å². The average Bonchev–Trinajstić information content (AvgIpc) is 3.27. The van der Waals surface area contributed by atoms with Crippen molar-refractivity contribution in [2.24, 2.45) is 0 Å². The number of hydrogen-bond acceptors (Lipinski definition) is 0. The molecule has 1 atom stereocenters. The summed E-state index contributed by atoms with van der Waals surface area (Å²) in [5.74, 6) is 0.474. The summed E-state index contributed by atoms with van der Waals surface area (Å²) in [7, 11) is 0. The van der Waals surface area contributed by atoms with E-state index in [4.69, 9.17) is 0 Å². The monoisotopic (exact) mass is 755 g/mol. The van der Waals surface area contributed by atoms with Crippen molar-refractivity contribution >= 4 is 48.7 Å². The van der Waals surface area contributed by atoms with Crippen LogP contribution in [-0.2, 0) is 0 Å². The minimum atomic E-state index is 0.474. The van der Waals surface area contributed by atoms with Crippen molar-refractivity contribution in [2.45, 2.75) is 102 Å². The maximum absolute atomic E-state index is 4.43. The topological polar surface area (TPSA) is 0 Å². The van der Waals surface area contributed by atoms with Crippen LogP contribution in [0.4, 0.5) is 0 Å². The predicted molar refractivity (Wildman–Crippen MR) is 262 cm³/mol. The van der Waals surface area contributed by atoms with E-state index in [9.17, 15) is 0 Å². The van der Waals surface area contributed by atoms with Crippen molar-refractivity contribution in [3.63, 3.8) is 0 Å². The number of rotatable bonds is 4. The summed E-state index contributed by atoms with van der Waals surface area (Å²) >= 11 is 0. The van der Waals surface area contributed by atoms with Crippen LogP contribution in [0.3, 0.4) is 0 Å². The lowest BCUT2D eigenvalue weighted by Crippen LogP contribution is -1.99. The Morgan fingerprint density at radius 2 is 0.842 bits per heavy atom. The van der Waals surface area contributed by atoms with Gasteiger partial charge in [0.2, 0.25) is 0 Å². The lowest BCUT2D eigenvalue weighted by molar-refractivity contribution is 0.785. The second-order valence-corrected chi connectivity index (χ2v) is 13.3. The van der Waals surface area contributed by atoms with Gasteiger partial charge in [0.1, 0.15) is 0 Å². The van der Waals surface area contributed by atoms with Crippen molar-refractivity contribution in [1.29, 1.82) is 0 Å². The molecule has 298 valence electrons. The molecule has 0 heterocycles. The second-order valence-electron chi connectivity index (χ2n) is 13.3. The highest BCUT2D eigenvalue weighted by Crippen LogP contribution is 2.36. The van der Waals surface area contributed by atoms with Gasteiger partial charge < -0.3 is 0 Å². The smallest absolute Gasteiger partial charge is 0.00963 e. The molecule has 0 aliphatic heterocycles. The Bertz CT molecular complexity index is 2340. The number of fused-ring (bicyclic) bond motifs is 7. The third-order valence-corrected chi connectivity index (χ3v) is 9.60. The Morgan fingerprint density at radius 1 is 0.404 bits per heavy atom. The standard InChI is InChI=1S/C23H24.C19H14.C7H8.4C2H6/c1-16-9-5-7-11-21(16)18(3)15-19(4)23-17(2)13-14-20-10-6-8-12-22(20)23;1-13-10-11-18-16-8-3-2-6-14(16)15-7-4-5-9-17(15)19(18)12-13;1-7-5-3-2-4-6-7;4*1-2/h5-14,18H,4,15H2,1-3H3;2-12H,1H3;2-6H,1H3;4*1-2H3. The molecule has 0 fully saturated rings. The van der Waals surface area contributed by atoms with E-state index < -0.39 is 0 Å². The highest BCUT2D eigenvalue weighted by molar-refractivity contribution is 6.25. The quantitative estimate of drug-likeness (QED) is 0.157. The summed E-state index contributed by atoms with van der Waals surface area (Å²) in [6.07, 6.45) is 0.986. The molecule has 0 aromatic heterocycles. The Labute approximate surface area is 347 Å². The van der Waals surface area contributed by atoms with Gasteiger partial charge in [-0.05, 0) is 111 Å². The molecular formula is C57H70. The van der Waals surface area contributed by atoms with E-state index in [0.29, 0.717) is 5.92 Å². The van der Waals surface area contributed by atoms with Gasteiger partial charge in [-0.3, -0.25) is 0 Å². The zero-order valence-corrected chi connectivity index (χ0v) is 37.5. The SMILES string of the molecule is C=C(CC(C)c1ccccc1C)c1c(C)ccc2ccccc12.CC.CC.CC.CC.Cc1ccc2c3ccccc3c3ccccc3c2c1.Cc1ccccc1. The minimum Gasteiger partial charge on any atom is -0.0952 e. The fraction of sp³-hybridized carbons (Fsp3) is 0.263. The molecule has 0 N–H and O–H groups in total. The van der Waals surface area contributed by atoms with Crippen molar-refractivity contribution in [2.75, 3.05) is 0 Å². The highest BCUT2D eigenvalue weighted by atomic mass is 14.2. The molecular weight excluding hydrogens is 685 g/mol. The molecule has 8 rings (SSSR count). The van der Waals surface area contributed by atoms with E-state index in [1.165, 1.54) is 82.0 Å². The Hall–Kier alpha value is -5.46. The first-order valence-electron chi connectivity index (χ1n) is 21.4. The predicted octanol–water partition coefficient (Wildman–Crippen LogP) is 18.2. The number of hydrogen-bond donors (Lipinski definition) is 0. The first-order valence-corrected chi connectivity index (χ1v) is 21.4. The van der Waals surface area contributed by atoms with E-state index in [1.807, 2.05) is 73.6 Å². The third-order valence-electron chi connectivity index (χ3n) is 9.60. The van der Waals surface area contributed by atoms with Gasteiger partial charge in [0, 0.05) is 0 Å². The van der Waals surface area contributed by atoms with E-state index in [-0.39, 0.29) is 0 Å². The summed E-state index contributed by atoms with van der Waals surface area (Å²) in [6.45, 7) is 31.3. The molecule has 57 heavy (non-hydrogen) atoms. The zero-order valence-electron chi connectivity index (χ0n) is 37.5. The van der Waals surface area contributed by atoms with Gasteiger partial charge in [0.15, 0.2) is 0 Å². The molecule has 0 nitrogen and oxygen atoms in total. The second kappa shape index (κ2) is 25.6. The summed E-state index contributed by atoms with van der Waals surface area (Å²) in [4.78, 5) is 0. The summed E-state index contributed by atoms with van der Waals surface area (Å²) in [5.41, 5.74) is 9.29. The van der Waals surface area contributed by atoms with Crippen molar-refractivity contribution < 1.29 is 0 Å². The molecule has 0 saturated carbocycles. The average molecular weight is 755 g/mol. The van der Waals surface area contributed by atoms with Gasteiger partial charge in [0.25, 0.3) is 0 Å². The molecule has 0 spiro atoms. The molecule has 0 heteroatoms. The van der Waals surface area contributed by atoms with Crippen LogP contribution in [0.1, 0.15) is 108 Å². The lowest BCUT2D eigenvalue weighted by Gasteiger charge is -2.19. The van der Waals surface area contributed by atoms with Crippen molar-refractivity contribution in [3.8, 4) is 0 Å². The summed E-state index contributed by atoms with van der Waals surface area (Å²) < 4.78 is 0. The fourth-order valence-corrected chi connectivity index (χ4v) is 7.13. The molecule has 0 radical (unpaired) electrons. The normalized spacial score (nSPS) is 10.3. The van der Waals surface area contributed by atoms with Crippen LogP contribution < -0.4 is 0 Å². The number of benzene rings is 8. The van der Waals surface area contributed by atoms with Crippen LogP contribution in [0.2, 0.25) is 0 Å². The summed E-state index contributed by atoms with van der Waals surface area (Å²) in [5, 5.41) is 10.7. The maximum Gasteiger partial charge on any atom is -0.00963 e. The first kappa shape index (κ1) is 47.7. The van der Waals surface area contributed by atoms with Crippen molar-refractivity contribution in [3.05, 3.63) is 198 Å². The molecule has 0 amide bonds. The molecule has 0 aliphatic rings. The van der Waals surface area contributed by atoms with Gasteiger partial charge in [-0.2, -0.15) is 0 Å². The zero-order chi connectivity index (χ0) is 42.3. The van der Waals surface area contributed by atoms with E-state index in [1.54, 1.807) is 0 Å². The van der Waals surface area contributed by atoms with Crippen LogP contribution in [0.15, 0.2) is 164 Å². The number of allylic oxidation sites excluding steroid dienone is 1. The van der Waals surface area contributed by atoms with Crippen LogP contribution >= 0.6 is 0 Å². The number of aryl methyl sites for hydroxylation is 4.